The first-order chi connectivity index (χ1) is 6.65. The van der Waals surface area contributed by atoms with Gasteiger partial charge in [-0.15, -0.1) is 0 Å². The van der Waals surface area contributed by atoms with Crippen LogP contribution in [0.5, 0.6) is 0 Å². The minimum atomic E-state index is -0.315. The van der Waals surface area contributed by atoms with Gasteiger partial charge >= 0.3 is 0 Å². The van der Waals surface area contributed by atoms with Gasteiger partial charge in [-0.25, -0.2) is 4.39 Å². The van der Waals surface area contributed by atoms with E-state index >= 15 is 0 Å². The van der Waals surface area contributed by atoms with E-state index in [1.165, 1.54) is 0 Å². The summed E-state index contributed by atoms with van der Waals surface area (Å²) in [6.07, 6.45) is 1.03. The predicted molar refractivity (Wildman–Crippen MR) is 58.0 cm³/mol. The Kier molecular flexibility index (Phi) is 4.36. The molecular weight excluding hydrogens is 201 g/mol. The maximum Gasteiger partial charge on any atom is 0.146 e. The second kappa shape index (κ2) is 5.32. The van der Waals surface area contributed by atoms with Crippen molar-refractivity contribution in [3.05, 3.63) is 34.6 Å². The summed E-state index contributed by atoms with van der Waals surface area (Å²) in [5, 5.41) is 3.41. The molecule has 1 N–H and O–H groups in total. The third kappa shape index (κ3) is 2.96. The molecule has 0 aliphatic rings. The van der Waals surface area contributed by atoms with Crippen LogP contribution in [0.4, 0.5) is 4.39 Å². The maximum absolute atomic E-state index is 13.4. The Bertz CT molecular complexity index is 301. The standard InChI is InChI=1S/C11H15ClFN/c1-3-8(2)14-7-9-5-4-6-10(12)11(9)13/h4-6,8,14H,3,7H2,1-2H3/t8-/m1/s1. The Hall–Kier alpha value is -0.600. The Balaban J connectivity index is 2.63. The van der Waals surface area contributed by atoms with Crippen molar-refractivity contribution in [3.63, 3.8) is 0 Å². The van der Waals surface area contributed by atoms with E-state index in [4.69, 9.17) is 11.6 Å². The number of halogens is 2. The Labute approximate surface area is 89.3 Å². The van der Waals surface area contributed by atoms with Gasteiger partial charge < -0.3 is 5.32 Å². The van der Waals surface area contributed by atoms with Crippen molar-refractivity contribution in [2.24, 2.45) is 0 Å². The van der Waals surface area contributed by atoms with E-state index in [1.54, 1.807) is 18.2 Å². The van der Waals surface area contributed by atoms with E-state index < -0.39 is 0 Å². The van der Waals surface area contributed by atoms with Crippen molar-refractivity contribution >= 4 is 11.6 Å². The zero-order chi connectivity index (χ0) is 10.6. The first-order valence-corrected chi connectivity index (χ1v) is 5.19. The van der Waals surface area contributed by atoms with Gasteiger partial charge in [0.05, 0.1) is 5.02 Å². The van der Waals surface area contributed by atoms with Crippen molar-refractivity contribution in [2.75, 3.05) is 0 Å². The third-order valence-electron chi connectivity index (χ3n) is 2.28. The third-order valence-corrected chi connectivity index (χ3v) is 2.58. The molecule has 0 aromatic heterocycles. The van der Waals surface area contributed by atoms with Crippen molar-refractivity contribution in [2.45, 2.75) is 32.9 Å². The molecule has 1 atom stereocenters. The molecule has 1 nitrogen and oxygen atoms in total. The quantitative estimate of drug-likeness (QED) is 0.812. The highest BCUT2D eigenvalue weighted by atomic mass is 35.5. The van der Waals surface area contributed by atoms with Gasteiger partial charge in [0.15, 0.2) is 0 Å². The van der Waals surface area contributed by atoms with Gasteiger partial charge in [-0.1, -0.05) is 30.7 Å². The Morgan fingerprint density at radius 3 is 2.86 bits per heavy atom. The summed E-state index contributed by atoms with van der Waals surface area (Å²) < 4.78 is 13.4. The molecule has 0 fully saturated rings. The van der Waals surface area contributed by atoms with E-state index in [9.17, 15) is 4.39 Å². The molecule has 0 saturated carbocycles. The van der Waals surface area contributed by atoms with Crippen molar-refractivity contribution < 1.29 is 4.39 Å². The molecule has 1 aromatic rings. The molecule has 0 saturated heterocycles. The second-order valence-electron chi connectivity index (χ2n) is 3.40. The largest absolute Gasteiger partial charge is 0.310 e. The van der Waals surface area contributed by atoms with E-state index in [2.05, 4.69) is 19.2 Å². The molecule has 0 aliphatic carbocycles. The Morgan fingerprint density at radius 1 is 1.50 bits per heavy atom. The highest BCUT2D eigenvalue weighted by Crippen LogP contribution is 2.17. The normalized spacial score (nSPS) is 12.9. The zero-order valence-electron chi connectivity index (χ0n) is 8.48. The molecule has 0 radical (unpaired) electrons. The number of rotatable bonds is 4. The molecule has 0 aliphatic heterocycles. The SMILES string of the molecule is CC[C@@H](C)NCc1cccc(Cl)c1F. The van der Waals surface area contributed by atoms with Crippen LogP contribution >= 0.6 is 11.6 Å². The van der Waals surface area contributed by atoms with Crippen LogP contribution in [-0.4, -0.2) is 6.04 Å². The van der Waals surface area contributed by atoms with Gasteiger partial charge in [0.2, 0.25) is 0 Å². The molecule has 1 aromatic carbocycles. The minimum absolute atomic E-state index is 0.188. The van der Waals surface area contributed by atoms with E-state index in [0.29, 0.717) is 18.2 Å². The van der Waals surface area contributed by atoms with E-state index in [-0.39, 0.29) is 10.8 Å². The van der Waals surface area contributed by atoms with E-state index in [0.717, 1.165) is 6.42 Å². The molecule has 0 spiro atoms. The zero-order valence-corrected chi connectivity index (χ0v) is 9.24. The summed E-state index contributed by atoms with van der Waals surface area (Å²) in [6.45, 7) is 4.69. The van der Waals surface area contributed by atoms with Gasteiger partial charge in [0.25, 0.3) is 0 Å². The van der Waals surface area contributed by atoms with Crippen LogP contribution in [0.3, 0.4) is 0 Å². The fourth-order valence-electron chi connectivity index (χ4n) is 1.11. The molecule has 78 valence electrons. The minimum Gasteiger partial charge on any atom is -0.310 e. The Morgan fingerprint density at radius 2 is 2.21 bits per heavy atom. The lowest BCUT2D eigenvalue weighted by molar-refractivity contribution is 0.517. The lowest BCUT2D eigenvalue weighted by atomic mass is 10.2. The van der Waals surface area contributed by atoms with Gasteiger partial charge in [0, 0.05) is 18.2 Å². The summed E-state index contributed by atoms with van der Waals surface area (Å²) in [7, 11) is 0. The number of hydrogen-bond donors (Lipinski definition) is 1. The summed E-state index contributed by atoms with van der Waals surface area (Å²) >= 11 is 5.66. The first-order valence-electron chi connectivity index (χ1n) is 4.81. The van der Waals surface area contributed by atoms with Crippen LogP contribution in [0.25, 0.3) is 0 Å². The average molecular weight is 216 g/mol. The maximum atomic E-state index is 13.4. The predicted octanol–water partition coefficient (Wildman–Crippen LogP) is 3.37. The van der Waals surface area contributed by atoms with Crippen LogP contribution in [0.2, 0.25) is 5.02 Å². The molecule has 0 heterocycles. The molecule has 0 bridgehead atoms. The molecule has 1 rings (SSSR count). The average Bonchev–Trinajstić information content (AvgIpc) is 2.20. The van der Waals surface area contributed by atoms with Crippen LogP contribution in [0.15, 0.2) is 18.2 Å². The first kappa shape index (κ1) is 11.5. The molecule has 0 unspecified atom stereocenters. The smallest absolute Gasteiger partial charge is 0.146 e. The van der Waals surface area contributed by atoms with Crippen LogP contribution in [0, 0.1) is 5.82 Å². The van der Waals surface area contributed by atoms with Gasteiger partial charge in [-0.2, -0.15) is 0 Å². The van der Waals surface area contributed by atoms with Crippen LogP contribution < -0.4 is 5.32 Å². The number of hydrogen-bond acceptors (Lipinski definition) is 1. The van der Waals surface area contributed by atoms with Gasteiger partial charge in [0.1, 0.15) is 5.82 Å². The lowest BCUT2D eigenvalue weighted by Crippen LogP contribution is -2.24. The summed E-state index contributed by atoms with van der Waals surface area (Å²) in [6, 6.07) is 5.47. The van der Waals surface area contributed by atoms with Gasteiger partial charge in [-0.3, -0.25) is 0 Å². The highest BCUT2D eigenvalue weighted by Gasteiger charge is 2.06. The van der Waals surface area contributed by atoms with Crippen LogP contribution in [-0.2, 0) is 6.54 Å². The number of benzene rings is 1. The topological polar surface area (TPSA) is 12.0 Å². The monoisotopic (exact) mass is 215 g/mol. The molecule has 14 heavy (non-hydrogen) atoms. The summed E-state index contributed by atoms with van der Waals surface area (Å²) in [4.78, 5) is 0. The highest BCUT2D eigenvalue weighted by molar-refractivity contribution is 6.30. The molecule has 3 heteroatoms. The van der Waals surface area contributed by atoms with Crippen molar-refractivity contribution in [1.29, 1.82) is 0 Å². The lowest BCUT2D eigenvalue weighted by Gasteiger charge is -2.11. The van der Waals surface area contributed by atoms with E-state index in [1.807, 2.05) is 0 Å². The molecule has 0 amide bonds. The second-order valence-corrected chi connectivity index (χ2v) is 3.81. The molecular formula is C11H15ClFN. The van der Waals surface area contributed by atoms with Crippen molar-refractivity contribution in [3.8, 4) is 0 Å². The number of nitrogens with one attached hydrogen (secondary N) is 1. The summed E-state index contributed by atoms with van der Waals surface area (Å²) in [5.41, 5.74) is 0.623. The summed E-state index contributed by atoms with van der Waals surface area (Å²) in [5.74, 6) is -0.315. The van der Waals surface area contributed by atoms with Gasteiger partial charge in [-0.05, 0) is 19.4 Å². The van der Waals surface area contributed by atoms with Crippen molar-refractivity contribution in [1.82, 2.24) is 5.32 Å². The fourth-order valence-corrected chi connectivity index (χ4v) is 1.31. The fraction of sp³-hybridized carbons (Fsp3) is 0.455. The van der Waals surface area contributed by atoms with Crippen LogP contribution in [0.1, 0.15) is 25.8 Å².